The molecule has 0 aliphatic heterocycles. The lowest BCUT2D eigenvalue weighted by Gasteiger charge is -2.15. The van der Waals surface area contributed by atoms with Crippen LogP contribution < -0.4 is 0 Å². The maximum absolute atomic E-state index is 13.9. The molecule has 0 bridgehead atoms. The van der Waals surface area contributed by atoms with E-state index in [9.17, 15) is 18.7 Å². The highest BCUT2D eigenvalue weighted by Crippen LogP contribution is 2.28. The largest absolute Gasteiger partial charge is 0.467 e. The van der Waals surface area contributed by atoms with Crippen LogP contribution in [-0.2, 0) is 9.53 Å². The number of ether oxygens (including phenoxy) is 1. The van der Waals surface area contributed by atoms with Gasteiger partial charge in [0, 0.05) is 0 Å². The summed E-state index contributed by atoms with van der Waals surface area (Å²) >= 11 is 0. The van der Waals surface area contributed by atoms with Crippen molar-refractivity contribution in [3.63, 3.8) is 0 Å². The number of aliphatic hydroxyl groups is 1. The fourth-order valence-electron chi connectivity index (χ4n) is 1.51. The molecule has 17 heavy (non-hydrogen) atoms. The molecule has 1 N–H and O–H groups in total. The second-order valence-electron chi connectivity index (χ2n) is 3.94. The van der Waals surface area contributed by atoms with Gasteiger partial charge in [-0.15, -0.1) is 0 Å². The van der Waals surface area contributed by atoms with Crippen LogP contribution in [0.3, 0.4) is 0 Å². The number of hydrogen-bond acceptors (Lipinski definition) is 3. The first-order valence-electron chi connectivity index (χ1n) is 5.13. The van der Waals surface area contributed by atoms with Crippen molar-refractivity contribution in [1.82, 2.24) is 0 Å². The molecule has 0 fully saturated rings. The van der Waals surface area contributed by atoms with Gasteiger partial charge in [-0.2, -0.15) is 0 Å². The fraction of sp³-hybridized carbons (Fsp3) is 0.417. The summed E-state index contributed by atoms with van der Waals surface area (Å²) in [5, 5.41) is 9.50. The second kappa shape index (κ2) is 5.23. The Hall–Kier alpha value is -1.49. The number of esters is 1. The number of halogens is 2. The molecule has 3 nitrogen and oxygen atoms in total. The lowest BCUT2D eigenvalue weighted by atomic mass is 9.97. The Labute approximate surface area is 98.0 Å². The topological polar surface area (TPSA) is 46.5 Å². The third-order valence-electron chi connectivity index (χ3n) is 2.48. The average molecular weight is 244 g/mol. The predicted octanol–water partition coefficient (Wildman–Crippen LogP) is 2.29. The van der Waals surface area contributed by atoms with E-state index in [0.717, 1.165) is 13.2 Å². The molecule has 1 atom stereocenters. The van der Waals surface area contributed by atoms with E-state index in [2.05, 4.69) is 4.74 Å². The summed E-state index contributed by atoms with van der Waals surface area (Å²) in [7, 11) is 1.04. The number of methoxy groups -OCH3 is 1. The Morgan fingerprint density at radius 2 is 1.94 bits per heavy atom. The van der Waals surface area contributed by atoms with Gasteiger partial charge in [0.05, 0.1) is 12.7 Å². The minimum atomic E-state index is -1.95. The summed E-state index contributed by atoms with van der Waals surface area (Å²) in [4.78, 5) is 11.1. The molecule has 94 valence electrons. The van der Waals surface area contributed by atoms with Gasteiger partial charge in [0.15, 0.2) is 6.10 Å². The summed E-state index contributed by atoms with van der Waals surface area (Å²) in [6, 6.07) is 2.32. The molecule has 0 heterocycles. The highest BCUT2D eigenvalue weighted by atomic mass is 19.1. The Morgan fingerprint density at radius 1 is 1.35 bits per heavy atom. The third kappa shape index (κ3) is 2.61. The zero-order valence-corrected chi connectivity index (χ0v) is 9.83. The van der Waals surface area contributed by atoms with Gasteiger partial charge in [0.25, 0.3) is 0 Å². The minimum absolute atomic E-state index is 0.181. The molecule has 1 rings (SSSR count). The Bertz CT molecular complexity index is 430. The quantitative estimate of drug-likeness (QED) is 0.830. The SMILES string of the molecule is COC(=O)C(O)c1c(F)ccc(C(C)C)c1F. The molecule has 1 aromatic carbocycles. The molecule has 5 heteroatoms. The summed E-state index contributed by atoms with van der Waals surface area (Å²) in [6.07, 6.45) is -1.95. The lowest BCUT2D eigenvalue weighted by Crippen LogP contribution is -2.17. The van der Waals surface area contributed by atoms with Crippen molar-refractivity contribution in [3.05, 3.63) is 34.9 Å². The second-order valence-corrected chi connectivity index (χ2v) is 3.94. The third-order valence-corrected chi connectivity index (χ3v) is 2.48. The van der Waals surface area contributed by atoms with Crippen LogP contribution in [0.15, 0.2) is 12.1 Å². The van der Waals surface area contributed by atoms with E-state index in [1.54, 1.807) is 13.8 Å². The standard InChI is InChI=1S/C12H14F2O3/c1-6(2)7-4-5-8(13)9(10(7)14)11(15)12(16)17-3/h4-6,11,15H,1-3H3. The molecule has 0 amide bonds. The monoisotopic (exact) mass is 244 g/mol. The van der Waals surface area contributed by atoms with Crippen molar-refractivity contribution in [2.75, 3.05) is 7.11 Å². The normalized spacial score (nSPS) is 12.6. The van der Waals surface area contributed by atoms with Crippen molar-refractivity contribution in [3.8, 4) is 0 Å². The van der Waals surface area contributed by atoms with Crippen LogP contribution >= 0.6 is 0 Å². The van der Waals surface area contributed by atoms with Crippen LogP contribution in [0.4, 0.5) is 8.78 Å². The van der Waals surface area contributed by atoms with Gasteiger partial charge >= 0.3 is 5.97 Å². The van der Waals surface area contributed by atoms with Gasteiger partial charge in [0.1, 0.15) is 11.6 Å². The molecular weight excluding hydrogens is 230 g/mol. The van der Waals surface area contributed by atoms with Gasteiger partial charge in [0.2, 0.25) is 0 Å². The molecule has 1 aromatic rings. The molecule has 0 aliphatic rings. The maximum Gasteiger partial charge on any atom is 0.339 e. The fourth-order valence-corrected chi connectivity index (χ4v) is 1.51. The van der Waals surface area contributed by atoms with E-state index in [-0.39, 0.29) is 11.5 Å². The van der Waals surface area contributed by atoms with Gasteiger partial charge in [-0.05, 0) is 17.5 Å². The minimum Gasteiger partial charge on any atom is -0.467 e. The van der Waals surface area contributed by atoms with Crippen LogP contribution in [-0.4, -0.2) is 18.2 Å². The lowest BCUT2D eigenvalue weighted by molar-refractivity contribution is -0.151. The summed E-state index contributed by atoms with van der Waals surface area (Å²) in [6.45, 7) is 3.45. The number of carbonyl (C=O) groups is 1. The highest BCUT2D eigenvalue weighted by molar-refractivity contribution is 5.76. The maximum atomic E-state index is 13.9. The molecular formula is C12H14F2O3. The zero-order chi connectivity index (χ0) is 13.2. The number of benzene rings is 1. The van der Waals surface area contributed by atoms with Gasteiger partial charge in [-0.1, -0.05) is 19.9 Å². The van der Waals surface area contributed by atoms with Crippen molar-refractivity contribution in [1.29, 1.82) is 0 Å². The van der Waals surface area contributed by atoms with Gasteiger partial charge < -0.3 is 9.84 Å². The highest BCUT2D eigenvalue weighted by Gasteiger charge is 2.27. The Kier molecular flexibility index (Phi) is 4.17. The van der Waals surface area contributed by atoms with Crippen LogP contribution in [0.25, 0.3) is 0 Å². The number of hydrogen-bond donors (Lipinski definition) is 1. The van der Waals surface area contributed by atoms with E-state index >= 15 is 0 Å². The molecule has 0 aliphatic carbocycles. The average Bonchev–Trinajstić information content (AvgIpc) is 2.27. The first kappa shape index (κ1) is 13.6. The molecule has 0 spiro atoms. The van der Waals surface area contributed by atoms with E-state index in [4.69, 9.17) is 0 Å². The first-order chi connectivity index (χ1) is 7.90. The number of carbonyl (C=O) groups excluding carboxylic acids is 1. The number of aliphatic hydroxyl groups excluding tert-OH is 1. The summed E-state index contributed by atoms with van der Waals surface area (Å²) in [5.41, 5.74) is -0.424. The van der Waals surface area contributed by atoms with Gasteiger partial charge in [-0.25, -0.2) is 13.6 Å². The zero-order valence-electron chi connectivity index (χ0n) is 9.83. The summed E-state index contributed by atoms with van der Waals surface area (Å²) < 4.78 is 31.6. The van der Waals surface area contributed by atoms with Crippen molar-refractivity contribution >= 4 is 5.97 Å². The van der Waals surface area contributed by atoms with E-state index in [1.807, 2.05) is 0 Å². The molecule has 0 radical (unpaired) electrons. The Morgan fingerprint density at radius 3 is 2.41 bits per heavy atom. The number of rotatable bonds is 3. The first-order valence-corrected chi connectivity index (χ1v) is 5.13. The molecule has 0 aromatic heterocycles. The van der Waals surface area contributed by atoms with Crippen LogP contribution in [0, 0.1) is 11.6 Å². The van der Waals surface area contributed by atoms with Gasteiger partial charge in [-0.3, -0.25) is 0 Å². The van der Waals surface area contributed by atoms with Crippen LogP contribution in [0.5, 0.6) is 0 Å². The Balaban J connectivity index is 3.31. The van der Waals surface area contributed by atoms with Crippen molar-refractivity contribution in [2.45, 2.75) is 25.9 Å². The molecule has 0 saturated heterocycles. The molecule has 1 unspecified atom stereocenters. The summed E-state index contributed by atoms with van der Waals surface area (Å²) in [5.74, 6) is -3.15. The van der Waals surface area contributed by atoms with Crippen molar-refractivity contribution < 1.29 is 23.4 Å². The van der Waals surface area contributed by atoms with E-state index < -0.39 is 29.3 Å². The van der Waals surface area contributed by atoms with Crippen molar-refractivity contribution in [2.24, 2.45) is 0 Å². The molecule has 0 saturated carbocycles. The van der Waals surface area contributed by atoms with Crippen LogP contribution in [0.1, 0.15) is 37.0 Å². The predicted molar refractivity (Wildman–Crippen MR) is 57.4 cm³/mol. The van der Waals surface area contributed by atoms with E-state index in [0.29, 0.717) is 0 Å². The van der Waals surface area contributed by atoms with E-state index in [1.165, 1.54) is 6.07 Å². The van der Waals surface area contributed by atoms with Crippen LogP contribution in [0.2, 0.25) is 0 Å². The smallest absolute Gasteiger partial charge is 0.339 e.